The number of ether oxygens (including phenoxy) is 1. The molecule has 0 aliphatic heterocycles. The predicted octanol–water partition coefficient (Wildman–Crippen LogP) is 3.19. The first-order valence-electron chi connectivity index (χ1n) is 9.36. The molecule has 3 rings (SSSR count). The number of hydrogen-bond donors (Lipinski definition) is 2. The highest BCUT2D eigenvalue weighted by Crippen LogP contribution is 2.32. The second kappa shape index (κ2) is 8.20. The minimum atomic E-state index is -1.02. The Labute approximate surface area is 157 Å². The normalized spacial score (nSPS) is 20.9. The number of imide groups is 1. The molecule has 2 atom stereocenters. The summed E-state index contributed by atoms with van der Waals surface area (Å²) >= 11 is 1.45. The van der Waals surface area contributed by atoms with Gasteiger partial charge in [0.05, 0.1) is 0 Å². The van der Waals surface area contributed by atoms with Crippen molar-refractivity contribution in [1.29, 1.82) is 0 Å². The smallest absolute Gasteiger partial charge is 0.349 e. The van der Waals surface area contributed by atoms with Crippen LogP contribution >= 0.6 is 11.3 Å². The highest BCUT2D eigenvalue weighted by molar-refractivity contribution is 7.14. The fourth-order valence-corrected chi connectivity index (χ4v) is 4.68. The average molecular weight is 378 g/mol. The number of carbonyl (C=O) groups is 3. The lowest BCUT2D eigenvalue weighted by Crippen LogP contribution is -2.47. The molecule has 2 N–H and O–H groups in total. The molecule has 0 radical (unpaired) electrons. The molecule has 2 aliphatic carbocycles. The fraction of sp³-hybridized carbons (Fsp3) is 0.632. The molecular weight excluding hydrogens is 352 g/mol. The van der Waals surface area contributed by atoms with Gasteiger partial charge in [-0.1, -0.05) is 19.8 Å². The molecule has 0 aromatic carbocycles. The number of rotatable bonds is 4. The van der Waals surface area contributed by atoms with Gasteiger partial charge in [0.15, 0.2) is 6.10 Å². The molecule has 1 aromatic heterocycles. The fourth-order valence-electron chi connectivity index (χ4n) is 3.58. The van der Waals surface area contributed by atoms with Gasteiger partial charge in [-0.25, -0.2) is 9.59 Å². The molecular formula is C19H26N2O4S. The molecule has 1 heterocycles. The van der Waals surface area contributed by atoms with E-state index in [1.165, 1.54) is 28.7 Å². The van der Waals surface area contributed by atoms with Crippen LogP contribution in [0.15, 0.2) is 6.07 Å². The summed E-state index contributed by atoms with van der Waals surface area (Å²) in [7, 11) is 0. The number of amides is 3. The number of esters is 1. The molecule has 0 spiro atoms. The van der Waals surface area contributed by atoms with Crippen LogP contribution in [0.4, 0.5) is 4.79 Å². The van der Waals surface area contributed by atoms with Crippen molar-refractivity contribution in [3.05, 3.63) is 21.4 Å². The number of nitrogens with one attached hydrogen (secondary N) is 2. The Kier molecular flexibility index (Phi) is 5.96. The van der Waals surface area contributed by atoms with Crippen LogP contribution in [0.25, 0.3) is 0 Å². The van der Waals surface area contributed by atoms with E-state index in [1.54, 1.807) is 0 Å². The SMILES string of the molecule is C[C@H]1CCc2sc(C(=O)O[C@@H](C)C(=O)NC(=O)NC3CCCC3)cc2C1. The summed E-state index contributed by atoms with van der Waals surface area (Å²) < 4.78 is 5.25. The van der Waals surface area contributed by atoms with Gasteiger partial charge in [-0.2, -0.15) is 0 Å². The van der Waals surface area contributed by atoms with Gasteiger partial charge < -0.3 is 10.1 Å². The van der Waals surface area contributed by atoms with Gasteiger partial charge in [-0.3, -0.25) is 10.1 Å². The molecule has 142 valence electrons. The lowest BCUT2D eigenvalue weighted by molar-refractivity contribution is -0.127. The second-order valence-corrected chi connectivity index (χ2v) is 8.54. The van der Waals surface area contributed by atoms with Crippen molar-refractivity contribution >= 4 is 29.2 Å². The Balaban J connectivity index is 1.50. The van der Waals surface area contributed by atoms with E-state index in [2.05, 4.69) is 17.6 Å². The van der Waals surface area contributed by atoms with Gasteiger partial charge in [0.25, 0.3) is 5.91 Å². The summed E-state index contributed by atoms with van der Waals surface area (Å²) in [6, 6.07) is 1.49. The Morgan fingerprint density at radius 3 is 2.69 bits per heavy atom. The van der Waals surface area contributed by atoms with E-state index in [9.17, 15) is 14.4 Å². The molecule has 1 aromatic rings. The van der Waals surface area contributed by atoms with Crippen molar-refractivity contribution in [2.75, 3.05) is 0 Å². The van der Waals surface area contributed by atoms with Gasteiger partial charge in [0.1, 0.15) is 4.88 Å². The molecule has 0 saturated heterocycles. The van der Waals surface area contributed by atoms with Crippen molar-refractivity contribution in [3.8, 4) is 0 Å². The zero-order valence-corrected chi connectivity index (χ0v) is 16.1. The largest absolute Gasteiger partial charge is 0.448 e. The lowest BCUT2D eigenvalue weighted by Gasteiger charge is -2.16. The topological polar surface area (TPSA) is 84.5 Å². The molecule has 26 heavy (non-hydrogen) atoms. The summed E-state index contributed by atoms with van der Waals surface area (Å²) in [4.78, 5) is 38.0. The van der Waals surface area contributed by atoms with Crippen molar-refractivity contribution < 1.29 is 19.1 Å². The Hall–Kier alpha value is -1.89. The van der Waals surface area contributed by atoms with E-state index < -0.39 is 24.0 Å². The van der Waals surface area contributed by atoms with Crippen LogP contribution in [-0.4, -0.2) is 30.1 Å². The number of hydrogen-bond acceptors (Lipinski definition) is 5. The molecule has 6 nitrogen and oxygen atoms in total. The molecule has 1 saturated carbocycles. The van der Waals surface area contributed by atoms with Crippen LogP contribution in [-0.2, 0) is 22.4 Å². The predicted molar refractivity (Wildman–Crippen MR) is 99.3 cm³/mol. The van der Waals surface area contributed by atoms with Gasteiger partial charge in [0, 0.05) is 10.9 Å². The summed E-state index contributed by atoms with van der Waals surface area (Å²) in [5, 5.41) is 5.03. The van der Waals surface area contributed by atoms with Gasteiger partial charge in [-0.15, -0.1) is 11.3 Å². The van der Waals surface area contributed by atoms with Gasteiger partial charge >= 0.3 is 12.0 Å². The minimum Gasteiger partial charge on any atom is -0.448 e. The Morgan fingerprint density at radius 1 is 1.23 bits per heavy atom. The third kappa shape index (κ3) is 4.63. The molecule has 7 heteroatoms. The van der Waals surface area contributed by atoms with E-state index in [4.69, 9.17) is 4.74 Å². The van der Waals surface area contributed by atoms with E-state index in [1.807, 2.05) is 6.07 Å². The number of fused-ring (bicyclic) bond motifs is 1. The highest BCUT2D eigenvalue weighted by atomic mass is 32.1. The van der Waals surface area contributed by atoms with Gasteiger partial charge in [-0.05, 0) is 56.6 Å². The van der Waals surface area contributed by atoms with Crippen molar-refractivity contribution in [2.45, 2.75) is 70.9 Å². The zero-order valence-electron chi connectivity index (χ0n) is 15.3. The zero-order chi connectivity index (χ0) is 18.7. The van der Waals surface area contributed by atoms with Crippen molar-refractivity contribution in [1.82, 2.24) is 10.6 Å². The first-order valence-corrected chi connectivity index (χ1v) is 10.2. The van der Waals surface area contributed by atoms with Crippen molar-refractivity contribution in [2.24, 2.45) is 5.92 Å². The maximum Gasteiger partial charge on any atom is 0.349 e. The number of carbonyl (C=O) groups excluding carboxylic acids is 3. The molecule has 0 unspecified atom stereocenters. The van der Waals surface area contributed by atoms with E-state index in [0.29, 0.717) is 10.8 Å². The average Bonchev–Trinajstić information content (AvgIpc) is 3.23. The van der Waals surface area contributed by atoms with Crippen LogP contribution in [0.5, 0.6) is 0 Å². The number of urea groups is 1. The second-order valence-electron chi connectivity index (χ2n) is 7.40. The van der Waals surface area contributed by atoms with E-state index >= 15 is 0 Å². The maximum atomic E-state index is 12.3. The Morgan fingerprint density at radius 2 is 1.96 bits per heavy atom. The first-order chi connectivity index (χ1) is 12.4. The summed E-state index contributed by atoms with van der Waals surface area (Å²) in [6.07, 6.45) is 6.16. The molecule has 2 aliphatic rings. The standard InChI is InChI=1S/C19H26N2O4S/c1-11-7-8-15-13(9-11)10-16(26-15)18(23)25-12(2)17(22)21-19(24)20-14-5-3-4-6-14/h10-12,14H,3-9H2,1-2H3,(H2,20,21,22,24)/t11-,12-/m0/s1. The molecule has 1 fully saturated rings. The summed E-state index contributed by atoms with van der Waals surface area (Å²) in [5.41, 5.74) is 1.22. The van der Waals surface area contributed by atoms with Crippen molar-refractivity contribution in [3.63, 3.8) is 0 Å². The van der Waals surface area contributed by atoms with Crippen LogP contribution in [0.3, 0.4) is 0 Å². The highest BCUT2D eigenvalue weighted by Gasteiger charge is 2.25. The minimum absolute atomic E-state index is 0.125. The molecule has 0 bridgehead atoms. The van der Waals surface area contributed by atoms with Crippen LogP contribution in [0.2, 0.25) is 0 Å². The maximum absolute atomic E-state index is 12.3. The van der Waals surface area contributed by atoms with E-state index in [0.717, 1.165) is 44.9 Å². The first kappa shape index (κ1) is 18.9. The quantitative estimate of drug-likeness (QED) is 0.788. The summed E-state index contributed by atoms with van der Waals surface area (Å²) in [5.74, 6) is -0.483. The third-order valence-corrected chi connectivity index (χ3v) is 6.33. The van der Waals surface area contributed by atoms with Crippen LogP contribution < -0.4 is 10.6 Å². The monoisotopic (exact) mass is 378 g/mol. The van der Waals surface area contributed by atoms with Gasteiger partial charge in [0.2, 0.25) is 0 Å². The lowest BCUT2D eigenvalue weighted by atomic mass is 9.90. The van der Waals surface area contributed by atoms with E-state index in [-0.39, 0.29) is 6.04 Å². The summed E-state index contributed by atoms with van der Waals surface area (Å²) in [6.45, 7) is 3.69. The van der Waals surface area contributed by atoms with Crippen LogP contribution in [0, 0.1) is 5.92 Å². The Bertz CT molecular complexity index is 694. The number of aryl methyl sites for hydroxylation is 1. The molecule has 3 amide bonds. The third-order valence-electron chi connectivity index (χ3n) is 5.11. The van der Waals surface area contributed by atoms with Crippen LogP contribution in [0.1, 0.15) is 66.1 Å². The number of thiophene rings is 1.